The highest BCUT2D eigenvalue weighted by atomic mass is 79.9. The van der Waals surface area contributed by atoms with E-state index in [1.54, 1.807) is 24.5 Å². The van der Waals surface area contributed by atoms with Crippen LogP contribution in [0.2, 0.25) is 5.02 Å². The van der Waals surface area contributed by atoms with Crippen LogP contribution in [0.4, 0.5) is 0 Å². The Labute approximate surface area is 131 Å². The summed E-state index contributed by atoms with van der Waals surface area (Å²) in [6.45, 7) is 5.91. The minimum atomic E-state index is 0.217. The Morgan fingerprint density at radius 2 is 2.25 bits per heavy atom. The van der Waals surface area contributed by atoms with Crippen molar-refractivity contribution in [2.45, 2.75) is 20.4 Å². The molecule has 1 heterocycles. The maximum Gasteiger partial charge on any atom is 0.399 e. The van der Waals surface area contributed by atoms with Crippen LogP contribution < -0.4 is 10.1 Å². The summed E-state index contributed by atoms with van der Waals surface area (Å²) in [7, 11) is 0. The Bertz CT molecular complexity index is 572. The maximum atomic E-state index is 5.87. The lowest BCUT2D eigenvalue weighted by molar-refractivity contribution is 0.329. The fraction of sp³-hybridized carbons (Fsp3) is 0.357. The fourth-order valence-corrected chi connectivity index (χ4v) is 2.32. The number of aromatic nitrogens is 1. The van der Waals surface area contributed by atoms with Gasteiger partial charge in [-0.1, -0.05) is 25.4 Å². The van der Waals surface area contributed by atoms with Crippen molar-refractivity contribution < 1.29 is 9.15 Å². The predicted octanol–water partition coefficient (Wildman–Crippen LogP) is 4.63. The third-order valence-electron chi connectivity index (χ3n) is 2.48. The molecule has 0 atom stereocenters. The minimum absolute atomic E-state index is 0.217. The van der Waals surface area contributed by atoms with Crippen LogP contribution in [0.15, 0.2) is 33.4 Å². The van der Waals surface area contributed by atoms with Gasteiger partial charge in [0, 0.05) is 11.6 Å². The highest BCUT2D eigenvalue weighted by Gasteiger charge is 2.09. The summed E-state index contributed by atoms with van der Waals surface area (Å²) >= 11 is 9.25. The van der Waals surface area contributed by atoms with E-state index in [0.717, 1.165) is 16.7 Å². The number of ether oxygens (including phenoxy) is 1. The molecule has 20 heavy (non-hydrogen) atoms. The van der Waals surface area contributed by atoms with E-state index < -0.39 is 0 Å². The minimum Gasteiger partial charge on any atom is -0.417 e. The molecule has 4 nitrogen and oxygen atoms in total. The van der Waals surface area contributed by atoms with Crippen LogP contribution >= 0.6 is 27.5 Å². The van der Waals surface area contributed by atoms with Crippen LogP contribution in [0.1, 0.15) is 19.5 Å². The first-order valence-electron chi connectivity index (χ1n) is 6.32. The molecule has 0 saturated heterocycles. The van der Waals surface area contributed by atoms with Crippen molar-refractivity contribution in [2.24, 2.45) is 5.92 Å². The van der Waals surface area contributed by atoms with Gasteiger partial charge in [0.15, 0.2) is 0 Å². The molecule has 0 saturated carbocycles. The summed E-state index contributed by atoms with van der Waals surface area (Å²) in [5.41, 5.74) is 0.811. The zero-order valence-electron chi connectivity index (χ0n) is 11.3. The Morgan fingerprint density at radius 3 is 2.95 bits per heavy atom. The van der Waals surface area contributed by atoms with Crippen molar-refractivity contribution in [3.05, 3.63) is 39.7 Å². The molecular weight excluding hydrogens is 344 g/mol. The van der Waals surface area contributed by atoms with Crippen molar-refractivity contribution in [2.75, 3.05) is 6.54 Å². The zero-order valence-corrected chi connectivity index (χ0v) is 13.7. The van der Waals surface area contributed by atoms with Gasteiger partial charge in [-0.2, -0.15) is 4.98 Å². The Morgan fingerprint density at radius 1 is 1.45 bits per heavy atom. The summed E-state index contributed by atoms with van der Waals surface area (Å²) < 4.78 is 11.6. The number of oxazole rings is 1. The molecule has 6 heteroatoms. The molecule has 0 radical (unpaired) electrons. The average Bonchev–Trinajstić information content (AvgIpc) is 2.80. The molecule has 1 aromatic heterocycles. The first-order chi connectivity index (χ1) is 9.54. The lowest BCUT2D eigenvalue weighted by atomic mass is 10.2. The maximum absolute atomic E-state index is 5.87. The number of rotatable bonds is 6. The van der Waals surface area contributed by atoms with Crippen LogP contribution in [0.5, 0.6) is 11.8 Å². The summed E-state index contributed by atoms with van der Waals surface area (Å²) in [4.78, 5) is 4.26. The largest absolute Gasteiger partial charge is 0.417 e. The van der Waals surface area contributed by atoms with Crippen LogP contribution in [-0.4, -0.2) is 11.5 Å². The average molecular weight is 360 g/mol. The van der Waals surface area contributed by atoms with Crippen molar-refractivity contribution in [3.8, 4) is 11.8 Å². The fourth-order valence-electron chi connectivity index (χ4n) is 1.56. The third kappa shape index (κ3) is 4.51. The van der Waals surface area contributed by atoms with Crippen LogP contribution in [0, 0.1) is 5.92 Å². The van der Waals surface area contributed by atoms with Gasteiger partial charge >= 0.3 is 6.08 Å². The third-order valence-corrected chi connectivity index (χ3v) is 3.34. The van der Waals surface area contributed by atoms with Crippen LogP contribution in [0.3, 0.4) is 0 Å². The van der Waals surface area contributed by atoms with Gasteiger partial charge in [0.2, 0.25) is 0 Å². The highest BCUT2D eigenvalue weighted by Crippen LogP contribution is 2.31. The summed E-state index contributed by atoms with van der Waals surface area (Å²) in [5, 5.41) is 3.93. The Balaban J connectivity index is 1.95. The van der Waals surface area contributed by atoms with Gasteiger partial charge in [0.1, 0.15) is 12.0 Å². The molecule has 1 N–H and O–H groups in total. The quantitative estimate of drug-likeness (QED) is 0.817. The second-order valence-corrected chi connectivity index (χ2v) is 6.10. The summed E-state index contributed by atoms with van der Waals surface area (Å²) in [6, 6.07) is 5.26. The van der Waals surface area contributed by atoms with Gasteiger partial charge in [0.25, 0.3) is 0 Å². The zero-order chi connectivity index (χ0) is 14.5. The predicted molar refractivity (Wildman–Crippen MR) is 82.3 cm³/mol. The van der Waals surface area contributed by atoms with E-state index in [-0.39, 0.29) is 6.08 Å². The van der Waals surface area contributed by atoms with E-state index in [9.17, 15) is 0 Å². The van der Waals surface area contributed by atoms with E-state index in [0.29, 0.717) is 23.2 Å². The Hall–Kier alpha value is -1.04. The van der Waals surface area contributed by atoms with E-state index in [1.165, 1.54) is 0 Å². The molecule has 0 amide bonds. The smallest absolute Gasteiger partial charge is 0.399 e. The van der Waals surface area contributed by atoms with Crippen LogP contribution in [0.25, 0.3) is 0 Å². The summed E-state index contributed by atoms with van der Waals surface area (Å²) in [5.74, 6) is 1.21. The molecule has 2 aromatic rings. The van der Waals surface area contributed by atoms with Crippen molar-refractivity contribution in [3.63, 3.8) is 0 Å². The highest BCUT2D eigenvalue weighted by molar-refractivity contribution is 9.10. The number of nitrogens with one attached hydrogen (secondary N) is 1. The van der Waals surface area contributed by atoms with E-state index in [2.05, 4.69) is 40.1 Å². The number of hydrogen-bond acceptors (Lipinski definition) is 4. The molecule has 108 valence electrons. The van der Waals surface area contributed by atoms with Gasteiger partial charge in [-0.15, -0.1) is 0 Å². The standard InChI is InChI=1S/C14H16BrClN2O2/c1-9(2)6-17-7-11-8-19-14(18-11)20-13-4-3-10(16)5-12(13)15/h3-5,8-9,17H,6-7H2,1-2H3. The van der Waals surface area contributed by atoms with Gasteiger partial charge in [0.05, 0.1) is 10.2 Å². The topological polar surface area (TPSA) is 47.3 Å². The summed E-state index contributed by atoms with van der Waals surface area (Å²) in [6.07, 6.45) is 1.81. The molecule has 0 unspecified atom stereocenters. The molecule has 0 fully saturated rings. The number of halogens is 2. The normalized spacial score (nSPS) is 11.1. The van der Waals surface area contributed by atoms with Gasteiger partial charge in [-0.3, -0.25) is 0 Å². The Kier molecular flexibility index (Phi) is 5.46. The lowest BCUT2D eigenvalue weighted by Gasteiger charge is -2.04. The van der Waals surface area contributed by atoms with E-state index >= 15 is 0 Å². The first-order valence-corrected chi connectivity index (χ1v) is 7.49. The first kappa shape index (κ1) is 15.4. The van der Waals surface area contributed by atoms with E-state index in [1.807, 2.05) is 0 Å². The lowest BCUT2D eigenvalue weighted by Crippen LogP contribution is -2.19. The molecule has 0 spiro atoms. The van der Waals surface area contributed by atoms with Gasteiger partial charge < -0.3 is 14.5 Å². The number of nitrogens with zero attached hydrogens (tertiary/aromatic N) is 1. The van der Waals surface area contributed by atoms with Crippen LogP contribution in [-0.2, 0) is 6.54 Å². The van der Waals surface area contributed by atoms with E-state index in [4.69, 9.17) is 20.8 Å². The SMILES string of the molecule is CC(C)CNCc1coc(Oc2ccc(Cl)cc2Br)n1. The molecule has 0 aliphatic rings. The van der Waals surface area contributed by atoms with Crippen molar-refractivity contribution in [1.82, 2.24) is 10.3 Å². The molecule has 2 rings (SSSR count). The molecule has 0 aliphatic carbocycles. The monoisotopic (exact) mass is 358 g/mol. The number of benzene rings is 1. The van der Waals surface area contributed by atoms with Gasteiger partial charge in [-0.25, -0.2) is 0 Å². The molecular formula is C14H16BrClN2O2. The second kappa shape index (κ2) is 7.11. The number of hydrogen-bond donors (Lipinski definition) is 1. The van der Waals surface area contributed by atoms with Crippen molar-refractivity contribution in [1.29, 1.82) is 0 Å². The molecule has 0 bridgehead atoms. The second-order valence-electron chi connectivity index (χ2n) is 4.81. The molecule has 1 aromatic carbocycles. The van der Waals surface area contributed by atoms with Gasteiger partial charge in [-0.05, 0) is 46.6 Å². The van der Waals surface area contributed by atoms with Crippen molar-refractivity contribution >= 4 is 27.5 Å². The molecule has 0 aliphatic heterocycles.